The van der Waals surface area contributed by atoms with E-state index in [1.165, 1.54) is 0 Å². The summed E-state index contributed by atoms with van der Waals surface area (Å²) in [6.45, 7) is 11.8. The predicted octanol–water partition coefficient (Wildman–Crippen LogP) is 1.98. The van der Waals surface area contributed by atoms with Crippen LogP contribution < -0.4 is 10.6 Å². The molecule has 1 saturated heterocycles. The summed E-state index contributed by atoms with van der Waals surface area (Å²) in [5, 5.41) is 0. The summed E-state index contributed by atoms with van der Waals surface area (Å²) in [5.74, 6) is 2.55. The number of fused-ring (bicyclic) bond motifs is 3. The van der Waals surface area contributed by atoms with Crippen LogP contribution in [-0.2, 0) is 16.9 Å². The van der Waals surface area contributed by atoms with Gasteiger partial charge < -0.3 is 19.9 Å². The third kappa shape index (κ3) is 2.61. The SMILES string of the molecule is CC1(C)CN(c2nc(-c3cnc(N)nc3)nc3c2nc2n3CCOC2(C)C)C1. The molecule has 5 heterocycles. The summed E-state index contributed by atoms with van der Waals surface area (Å²) in [5.41, 5.74) is 7.83. The minimum atomic E-state index is -0.463. The fourth-order valence-electron chi connectivity index (χ4n) is 4.05. The summed E-state index contributed by atoms with van der Waals surface area (Å²) < 4.78 is 8.09. The highest BCUT2D eigenvalue weighted by Crippen LogP contribution is 2.39. The third-order valence-corrected chi connectivity index (χ3v) is 5.36. The maximum Gasteiger partial charge on any atom is 0.219 e. The van der Waals surface area contributed by atoms with Crippen molar-refractivity contribution in [3.8, 4) is 11.4 Å². The maximum atomic E-state index is 5.94. The molecule has 0 saturated carbocycles. The Balaban J connectivity index is 1.73. The number of imidazole rings is 1. The molecule has 1 fully saturated rings. The Labute approximate surface area is 163 Å². The van der Waals surface area contributed by atoms with E-state index in [4.69, 9.17) is 25.4 Å². The topological polar surface area (TPSA) is 108 Å². The van der Waals surface area contributed by atoms with Crippen molar-refractivity contribution in [1.29, 1.82) is 0 Å². The van der Waals surface area contributed by atoms with Crippen LogP contribution >= 0.6 is 0 Å². The number of rotatable bonds is 2. The van der Waals surface area contributed by atoms with Gasteiger partial charge in [-0.05, 0) is 19.3 Å². The highest BCUT2D eigenvalue weighted by Gasteiger charge is 2.39. The van der Waals surface area contributed by atoms with Gasteiger partial charge in [-0.25, -0.2) is 24.9 Å². The Morgan fingerprint density at radius 1 is 1.04 bits per heavy atom. The van der Waals surface area contributed by atoms with E-state index in [2.05, 4.69) is 33.3 Å². The standard InChI is InChI=1S/C19H24N8O/c1-18(2)9-26(10-18)14-12-15(27-5-6-28-19(3,4)16(27)23-12)25-13(24-14)11-7-21-17(20)22-8-11/h7-8H,5-6,9-10H2,1-4H3,(H2,20,21,22). The zero-order chi connectivity index (χ0) is 19.7. The van der Waals surface area contributed by atoms with Crippen LogP contribution in [-0.4, -0.2) is 49.2 Å². The molecule has 0 amide bonds. The highest BCUT2D eigenvalue weighted by molar-refractivity contribution is 5.87. The Hall–Kier alpha value is -2.81. The number of anilines is 2. The van der Waals surface area contributed by atoms with Gasteiger partial charge in [0.25, 0.3) is 0 Å². The van der Waals surface area contributed by atoms with Gasteiger partial charge in [0.2, 0.25) is 5.95 Å². The lowest BCUT2D eigenvalue weighted by atomic mass is 9.84. The molecule has 0 radical (unpaired) electrons. The van der Waals surface area contributed by atoms with Crippen molar-refractivity contribution in [3.63, 3.8) is 0 Å². The summed E-state index contributed by atoms with van der Waals surface area (Å²) >= 11 is 0. The lowest BCUT2D eigenvalue weighted by Gasteiger charge is -2.46. The molecule has 9 heteroatoms. The van der Waals surface area contributed by atoms with E-state index in [1.807, 2.05) is 13.8 Å². The van der Waals surface area contributed by atoms with Gasteiger partial charge in [0.15, 0.2) is 22.8 Å². The normalized spacial score (nSPS) is 20.1. The number of nitrogens with two attached hydrogens (primary N) is 1. The van der Waals surface area contributed by atoms with Crippen LogP contribution in [0.4, 0.5) is 11.8 Å². The van der Waals surface area contributed by atoms with Crippen molar-refractivity contribution in [3.05, 3.63) is 18.2 Å². The van der Waals surface area contributed by atoms with E-state index >= 15 is 0 Å². The molecule has 2 aliphatic heterocycles. The number of hydrogen-bond acceptors (Lipinski definition) is 8. The van der Waals surface area contributed by atoms with Gasteiger partial charge in [0, 0.05) is 32.0 Å². The number of ether oxygens (including phenoxy) is 1. The minimum absolute atomic E-state index is 0.232. The van der Waals surface area contributed by atoms with Crippen molar-refractivity contribution in [1.82, 2.24) is 29.5 Å². The average molecular weight is 380 g/mol. The zero-order valence-electron chi connectivity index (χ0n) is 16.6. The maximum absolute atomic E-state index is 5.94. The van der Waals surface area contributed by atoms with E-state index < -0.39 is 5.60 Å². The lowest BCUT2D eigenvalue weighted by Crippen LogP contribution is -2.53. The fourth-order valence-corrected chi connectivity index (χ4v) is 4.05. The van der Waals surface area contributed by atoms with E-state index in [-0.39, 0.29) is 11.4 Å². The molecule has 28 heavy (non-hydrogen) atoms. The minimum Gasteiger partial charge on any atom is -0.368 e. The van der Waals surface area contributed by atoms with E-state index in [9.17, 15) is 0 Å². The van der Waals surface area contributed by atoms with Crippen LogP contribution in [0.25, 0.3) is 22.6 Å². The molecule has 0 unspecified atom stereocenters. The fraction of sp³-hybridized carbons (Fsp3) is 0.526. The van der Waals surface area contributed by atoms with E-state index in [1.54, 1.807) is 12.4 Å². The van der Waals surface area contributed by atoms with Crippen molar-refractivity contribution in [2.45, 2.75) is 39.8 Å². The van der Waals surface area contributed by atoms with Crippen molar-refractivity contribution >= 4 is 22.9 Å². The van der Waals surface area contributed by atoms with Gasteiger partial charge in [-0.2, -0.15) is 0 Å². The van der Waals surface area contributed by atoms with Crippen LogP contribution in [0.5, 0.6) is 0 Å². The number of aromatic nitrogens is 6. The van der Waals surface area contributed by atoms with Crippen molar-refractivity contribution in [2.75, 3.05) is 30.3 Å². The molecule has 3 aromatic heterocycles. The van der Waals surface area contributed by atoms with Crippen LogP contribution in [0.1, 0.15) is 33.5 Å². The molecule has 2 N–H and O–H groups in total. The molecular formula is C19H24N8O. The smallest absolute Gasteiger partial charge is 0.219 e. The molecule has 3 aromatic rings. The Bertz CT molecular complexity index is 1060. The molecule has 2 aliphatic rings. The van der Waals surface area contributed by atoms with Gasteiger partial charge in [-0.1, -0.05) is 13.8 Å². The first kappa shape index (κ1) is 17.3. The molecule has 5 rings (SSSR count). The molecule has 146 valence electrons. The van der Waals surface area contributed by atoms with E-state index in [0.717, 1.165) is 48.0 Å². The van der Waals surface area contributed by atoms with Crippen LogP contribution in [0, 0.1) is 5.41 Å². The molecule has 9 nitrogen and oxygen atoms in total. The first-order chi connectivity index (χ1) is 13.2. The first-order valence-corrected chi connectivity index (χ1v) is 9.49. The summed E-state index contributed by atoms with van der Waals surface area (Å²) in [4.78, 5) is 25.1. The van der Waals surface area contributed by atoms with Gasteiger partial charge >= 0.3 is 0 Å². The van der Waals surface area contributed by atoms with Crippen molar-refractivity contribution in [2.24, 2.45) is 5.41 Å². The number of nitrogen functional groups attached to an aromatic ring is 1. The molecule has 0 bridgehead atoms. The largest absolute Gasteiger partial charge is 0.368 e. The zero-order valence-corrected chi connectivity index (χ0v) is 16.6. The highest BCUT2D eigenvalue weighted by atomic mass is 16.5. The van der Waals surface area contributed by atoms with Gasteiger partial charge in [0.05, 0.1) is 12.2 Å². The molecule has 0 aliphatic carbocycles. The van der Waals surface area contributed by atoms with Gasteiger partial charge in [-0.15, -0.1) is 0 Å². The quantitative estimate of drug-likeness (QED) is 0.719. The molecular weight excluding hydrogens is 356 g/mol. The summed E-state index contributed by atoms with van der Waals surface area (Å²) in [7, 11) is 0. The van der Waals surface area contributed by atoms with Gasteiger partial charge in [0.1, 0.15) is 11.4 Å². The first-order valence-electron chi connectivity index (χ1n) is 9.49. The van der Waals surface area contributed by atoms with Crippen molar-refractivity contribution < 1.29 is 4.74 Å². The monoisotopic (exact) mass is 380 g/mol. The van der Waals surface area contributed by atoms with E-state index in [0.29, 0.717) is 12.4 Å². The molecule has 0 atom stereocenters. The predicted molar refractivity (Wildman–Crippen MR) is 106 cm³/mol. The second-order valence-electron chi connectivity index (χ2n) is 8.84. The Morgan fingerprint density at radius 3 is 2.43 bits per heavy atom. The molecule has 0 aromatic carbocycles. The third-order valence-electron chi connectivity index (χ3n) is 5.36. The summed E-state index contributed by atoms with van der Waals surface area (Å²) in [6.07, 6.45) is 3.32. The second-order valence-corrected chi connectivity index (χ2v) is 8.84. The van der Waals surface area contributed by atoms with Crippen LogP contribution in [0.15, 0.2) is 12.4 Å². The van der Waals surface area contributed by atoms with Gasteiger partial charge in [-0.3, -0.25) is 0 Å². The molecule has 0 spiro atoms. The van der Waals surface area contributed by atoms with Crippen LogP contribution in [0.3, 0.4) is 0 Å². The Morgan fingerprint density at radius 2 is 1.75 bits per heavy atom. The number of nitrogens with zero attached hydrogens (tertiary/aromatic N) is 7. The number of hydrogen-bond donors (Lipinski definition) is 1. The second kappa shape index (κ2) is 5.60. The Kier molecular flexibility index (Phi) is 3.46. The average Bonchev–Trinajstić information content (AvgIpc) is 3.00. The summed E-state index contributed by atoms with van der Waals surface area (Å²) in [6, 6.07) is 0. The lowest BCUT2D eigenvalue weighted by molar-refractivity contribution is -0.0530. The van der Waals surface area contributed by atoms with Crippen LogP contribution in [0.2, 0.25) is 0 Å².